The number of aromatic nitrogens is 2. The maximum Gasteiger partial charge on any atom is 0.127 e. The average Bonchev–Trinajstić information content (AvgIpc) is 3.08. The number of likely N-dealkylation sites (tertiary alicyclic amines) is 1. The summed E-state index contributed by atoms with van der Waals surface area (Å²) in [6, 6.07) is 2.38. The zero-order valence-electron chi connectivity index (χ0n) is 18.3. The summed E-state index contributed by atoms with van der Waals surface area (Å²) in [5.41, 5.74) is 0.962. The molecule has 29 heavy (non-hydrogen) atoms. The van der Waals surface area contributed by atoms with Crippen molar-refractivity contribution in [1.82, 2.24) is 14.9 Å². The first-order chi connectivity index (χ1) is 13.8. The molecule has 1 aliphatic heterocycles. The van der Waals surface area contributed by atoms with Gasteiger partial charge in [-0.25, -0.2) is 9.97 Å². The van der Waals surface area contributed by atoms with E-state index in [9.17, 15) is 5.11 Å². The summed E-state index contributed by atoms with van der Waals surface area (Å²) in [4.78, 5) is 14.6. The molecule has 0 radical (unpaired) electrons. The predicted octanol–water partition coefficient (Wildman–Crippen LogP) is 4.66. The van der Waals surface area contributed by atoms with Crippen LogP contribution in [0, 0.1) is 12.3 Å². The molecule has 160 valence electrons. The number of aryl methyl sites for hydroxylation is 1. The molecule has 1 N–H and O–H groups in total. The molecule has 2 aromatic heterocycles. The van der Waals surface area contributed by atoms with Crippen molar-refractivity contribution < 1.29 is 9.84 Å². The summed E-state index contributed by atoms with van der Waals surface area (Å²) in [6.07, 6.45) is 6.68. The van der Waals surface area contributed by atoms with Crippen molar-refractivity contribution in [1.29, 1.82) is 0 Å². The molecule has 0 unspecified atom stereocenters. The van der Waals surface area contributed by atoms with Gasteiger partial charge in [0.2, 0.25) is 0 Å². The number of piperidine rings is 1. The Labute approximate surface area is 178 Å². The van der Waals surface area contributed by atoms with E-state index in [1.807, 2.05) is 18.3 Å². The van der Waals surface area contributed by atoms with E-state index in [0.717, 1.165) is 48.8 Å². The van der Waals surface area contributed by atoms with Crippen LogP contribution in [-0.2, 0) is 11.3 Å². The summed E-state index contributed by atoms with van der Waals surface area (Å²) < 4.78 is 5.20. The van der Waals surface area contributed by atoms with Crippen LogP contribution in [-0.4, -0.2) is 52.4 Å². The maximum atomic E-state index is 10.6. The lowest BCUT2D eigenvalue weighted by Gasteiger charge is -2.37. The van der Waals surface area contributed by atoms with Crippen LogP contribution in [0.2, 0.25) is 0 Å². The van der Waals surface area contributed by atoms with Crippen molar-refractivity contribution in [3.63, 3.8) is 0 Å². The summed E-state index contributed by atoms with van der Waals surface area (Å²) in [5.74, 6) is 1.54. The van der Waals surface area contributed by atoms with E-state index in [1.165, 1.54) is 35.9 Å². The highest BCUT2D eigenvalue weighted by atomic mass is 32.1. The van der Waals surface area contributed by atoms with E-state index in [1.54, 1.807) is 7.11 Å². The zero-order chi connectivity index (χ0) is 20.6. The molecule has 1 saturated carbocycles. The van der Waals surface area contributed by atoms with Gasteiger partial charge in [0.15, 0.2) is 0 Å². The van der Waals surface area contributed by atoms with Gasteiger partial charge in [0.25, 0.3) is 0 Å². The zero-order valence-corrected chi connectivity index (χ0v) is 19.1. The molecule has 2 aliphatic rings. The molecule has 1 saturated heterocycles. The number of aliphatic hydroxyl groups is 1. The van der Waals surface area contributed by atoms with E-state index in [0.29, 0.717) is 17.9 Å². The number of rotatable bonds is 5. The normalized spacial score (nSPS) is 22.9. The van der Waals surface area contributed by atoms with Gasteiger partial charge in [-0.2, -0.15) is 0 Å². The molecule has 6 heteroatoms. The van der Waals surface area contributed by atoms with Crippen LogP contribution in [0.25, 0.3) is 10.2 Å². The highest BCUT2D eigenvalue weighted by Gasteiger charge is 2.33. The Kier molecular flexibility index (Phi) is 6.00. The molecule has 0 amide bonds. The lowest BCUT2D eigenvalue weighted by atomic mass is 9.73. The summed E-state index contributed by atoms with van der Waals surface area (Å²) in [5, 5.41) is 11.8. The van der Waals surface area contributed by atoms with Gasteiger partial charge < -0.3 is 9.84 Å². The SMILES string of the molecule is COCC1(O)CCN(Cc2nc(C)nc3sc(C4CCC(C)(C)CC4)cc23)CC1. The van der Waals surface area contributed by atoms with E-state index in [2.05, 4.69) is 24.8 Å². The van der Waals surface area contributed by atoms with Crippen molar-refractivity contribution in [2.24, 2.45) is 5.41 Å². The van der Waals surface area contributed by atoms with Crippen molar-refractivity contribution >= 4 is 21.6 Å². The standard InChI is InChI=1S/C23H35N3O2S/c1-16-24-19(14-26-11-9-23(27,10-12-26)15-28-4)18-13-20(29-21(18)25-16)17-5-7-22(2,3)8-6-17/h13,17,27H,5-12,14-15H2,1-4H3. The van der Waals surface area contributed by atoms with E-state index in [4.69, 9.17) is 14.7 Å². The van der Waals surface area contributed by atoms with Gasteiger partial charge in [0.05, 0.1) is 17.9 Å². The summed E-state index contributed by atoms with van der Waals surface area (Å²) >= 11 is 1.87. The van der Waals surface area contributed by atoms with Crippen molar-refractivity contribution in [3.05, 3.63) is 22.5 Å². The van der Waals surface area contributed by atoms with Gasteiger partial charge >= 0.3 is 0 Å². The molecule has 4 rings (SSSR count). The quantitative estimate of drug-likeness (QED) is 0.767. The van der Waals surface area contributed by atoms with E-state index < -0.39 is 5.60 Å². The fourth-order valence-corrected chi connectivity index (χ4v) is 6.14. The first-order valence-corrected chi connectivity index (χ1v) is 11.8. The predicted molar refractivity (Wildman–Crippen MR) is 118 cm³/mol. The number of thiophene rings is 1. The van der Waals surface area contributed by atoms with Crippen LogP contribution >= 0.6 is 11.3 Å². The highest BCUT2D eigenvalue weighted by Crippen LogP contribution is 2.45. The molecule has 0 atom stereocenters. The maximum absolute atomic E-state index is 10.6. The minimum atomic E-state index is -0.674. The summed E-state index contributed by atoms with van der Waals surface area (Å²) in [7, 11) is 1.66. The third kappa shape index (κ3) is 4.82. The first-order valence-electron chi connectivity index (χ1n) is 11.0. The fourth-order valence-electron chi connectivity index (χ4n) is 4.88. The third-order valence-electron chi connectivity index (χ3n) is 6.92. The van der Waals surface area contributed by atoms with Crippen molar-refractivity contribution in [2.45, 2.75) is 77.4 Å². The first kappa shape index (κ1) is 21.2. The van der Waals surface area contributed by atoms with Crippen LogP contribution in [0.4, 0.5) is 0 Å². The molecule has 2 fully saturated rings. The van der Waals surface area contributed by atoms with E-state index in [-0.39, 0.29) is 0 Å². The number of ether oxygens (including phenoxy) is 1. The lowest BCUT2D eigenvalue weighted by Crippen LogP contribution is -2.46. The Bertz CT molecular complexity index is 845. The Morgan fingerprint density at radius 2 is 1.86 bits per heavy atom. The van der Waals surface area contributed by atoms with Gasteiger partial charge in [0.1, 0.15) is 10.7 Å². The second-order valence-electron chi connectivity index (χ2n) is 9.96. The molecule has 2 aromatic rings. The smallest absolute Gasteiger partial charge is 0.127 e. The highest BCUT2D eigenvalue weighted by molar-refractivity contribution is 7.18. The molecule has 0 bridgehead atoms. The number of hydrogen-bond donors (Lipinski definition) is 1. The minimum absolute atomic E-state index is 0.420. The molecule has 1 aliphatic carbocycles. The Morgan fingerprint density at radius 1 is 1.17 bits per heavy atom. The van der Waals surface area contributed by atoms with Crippen LogP contribution in [0.1, 0.15) is 74.7 Å². The number of fused-ring (bicyclic) bond motifs is 1. The minimum Gasteiger partial charge on any atom is -0.387 e. The van der Waals surface area contributed by atoms with Gasteiger partial charge in [-0.3, -0.25) is 4.90 Å². The van der Waals surface area contributed by atoms with Gasteiger partial charge in [-0.1, -0.05) is 13.8 Å². The number of methoxy groups -OCH3 is 1. The van der Waals surface area contributed by atoms with E-state index >= 15 is 0 Å². The Hall–Kier alpha value is -1.08. The molecule has 5 nitrogen and oxygen atoms in total. The van der Waals surface area contributed by atoms with Crippen LogP contribution < -0.4 is 0 Å². The molecule has 0 spiro atoms. The fraction of sp³-hybridized carbons (Fsp3) is 0.739. The third-order valence-corrected chi connectivity index (χ3v) is 8.11. The number of nitrogens with zero attached hydrogens (tertiary/aromatic N) is 3. The van der Waals surface area contributed by atoms with Crippen LogP contribution in [0.5, 0.6) is 0 Å². The summed E-state index contributed by atoms with van der Waals surface area (Å²) in [6.45, 7) is 9.79. The van der Waals surface area contributed by atoms with Gasteiger partial charge in [0, 0.05) is 37.0 Å². The average molecular weight is 418 g/mol. The van der Waals surface area contributed by atoms with Gasteiger partial charge in [-0.15, -0.1) is 11.3 Å². The van der Waals surface area contributed by atoms with Crippen molar-refractivity contribution in [2.75, 3.05) is 26.8 Å². The Morgan fingerprint density at radius 3 is 2.52 bits per heavy atom. The topological polar surface area (TPSA) is 58.5 Å². The number of hydrogen-bond acceptors (Lipinski definition) is 6. The molecular weight excluding hydrogens is 382 g/mol. The molecule has 0 aromatic carbocycles. The molecular formula is C23H35N3O2S. The van der Waals surface area contributed by atoms with Gasteiger partial charge in [-0.05, 0) is 62.8 Å². The largest absolute Gasteiger partial charge is 0.387 e. The van der Waals surface area contributed by atoms with Crippen molar-refractivity contribution in [3.8, 4) is 0 Å². The van der Waals surface area contributed by atoms with Crippen LogP contribution in [0.3, 0.4) is 0 Å². The monoisotopic (exact) mass is 417 g/mol. The van der Waals surface area contributed by atoms with Crippen LogP contribution in [0.15, 0.2) is 6.07 Å². The molecule has 3 heterocycles. The second kappa shape index (κ2) is 8.22. The second-order valence-corrected chi connectivity index (χ2v) is 11.0. The Balaban J connectivity index is 1.50. The lowest BCUT2D eigenvalue weighted by molar-refractivity contribution is -0.0719.